The predicted molar refractivity (Wildman–Crippen MR) is 47.7 cm³/mol. The van der Waals surface area contributed by atoms with Crippen molar-refractivity contribution in [2.75, 3.05) is 0 Å². The highest BCUT2D eigenvalue weighted by Gasteiger charge is 2.05. The minimum Gasteiger partial charge on any atom is -0.350 e. The van der Waals surface area contributed by atoms with Crippen molar-refractivity contribution < 1.29 is 4.79 Å². The van der Waals surface area contributed by atoms with Gasteiger partial charge in [0.2, 0.25) is 0 Å². The number of amides is 2. The van der Waals surface area contributed by atoms with Crippen molar-refractivity contribution in [1.29, 1.82) is 0 Å². The lowest BCUT2D eigenvalue weighted by Crippen LogP contribution is -2.25. The fourth-order valence-electron chi connectivity index (χ4n) is 1.16. The van der Waals surface area contributed by atoms with E-state index in [0.29, 0.717) is 5.92 Å². The Balaban J connectivity index is 2.25. The van der Waals surface area contributed by atoms with Gasteiger partial charge in [-0.05, 0) is 25.2 Å². The van der Waals surface area contributed by atoms with E-state index in [4.69, 9.17) is 5.73 Å². The second-order valence-electron chi connectivity index (χ2n) is 2.80. The number of nitrogens with zero attached hydrogens (tertiary/aromatic N) is 1. The average molecular weight is 167 g/mol. The molecule has 0 bridgehead atoms. The molecule has 3 N–H and O–H groups in total. The number of rotatable bonds is 2. The fraction of sp³-hybridized carbons (Fsp3) is 0.500. The Morgan fingerprint density at radius 1 is 1.67 bits per heavy atom. The first-order chi connectivity index (χ1) is 5.79. The van der Waals surface area contributed by atoms with Crippen molar-refractivity contribution in [2.45, 2.75) is 19.3 Å². The summed E-state index contributed by atoms with van der Waals surface area (Å²) in [4.78, 5) is 10.2. The highest BCUT2D eigenvalue weighted by Crippen LogP contribution is 2.15. The van der Waals surface area contributed by atoms with Crippen molar-refractivity contribution in [3.8, 4) is 0 Å². The summed E-state index contributed by atoms with van der Waals surface area (Å²) < 4.78 is 0. The highest BCUT2D eigenvalue weighted by molar-refractivity contribution is 5.73. The predicted octanol–water partition coefficient (Wildman–Crippen LogP) is 0.997. The Bertz CT molecular complexity index is 210. The first-order valence-corrected chi connectivity index (χ1v) is 4.02. The van der Waals surface area contributed by atoms with E-state index >= 15 is 0 Å². The zero-order chi connectivity index (χ0) is 8.81. The van der Waals surface area contributed by atoms with Gasteiger partial charge in [-0.15, -0.1) is 0 Å². The molecule has 0 fully saturated rings. The van der Waals surface area contributed by atoms with Gasteiger partial charge in [0.1, 0.15) is 0 Å². The van der Waals surface area contributed by atoms with Crippen molar-refractivity contribution in [1.82, 2.24) is 5.43 Å². The Morgan fingerprint density at radius 3 is 3.08 bits per heavy atom. The Kier molecular flexibility index (Phi) is 3.32. The maximum Gasteiger partial charge on any atom is 0.332 e. The summed E-state index contributed by atoms with van der Waals surface area (Å²) in [5, 5.41) is 3.71. The van der Waals surface area contributed by atoms with Gasteiger partial charge in [0.25, 0.3) is 0 Å². The monoisotopic (exact) mass is 167 g/mol. The third-order valence-electron chi connectivity index (χ3n) is 1.77. The van der Waals surface area contributed by atoms with E-state index < -0.39 is 6.03 Å². The van der Waals surface area contributed by atoms with Gasteiger partial charge in [-0.3, -0.25) is 0 Å². The van der Waals surface area contributed by atoms with Gasteiger partial charge in [0.05, 0.1) is 0 Å². The normalized spacial score (nSPS) is 22.8. The zero-order valence-electron chi connectivity index (χ0n) is 6.86. The summed E-state index contributed by atoms with van der Waals surface area (Å²) in [5.41, 5.74) is 7.01. The quantitative estimate of drug-likeness (QED) is 0.359. The van der Waals surface area contributed by atoms with Crippen LogP contribution >= 0.6 is 0 Å². The molecule has 1 aliphatic rings. The number of primary amides is 1. The summed E-state index contributed by atoms with van der Waals surface area (Å²) in [6.07, 6.45) is 9.22. The Hall–Kier alpha value is -1.32. The summed E-state index contributed by atoms with van der Waals surface area (Å²) in [5.74, 6) is 0.446. The molecular formula is C8H13N3O. The van der Waals surface area contributed by atoms with Crippen LogP contribution in [0.1, 0.15) is 19.3 Å². The molecule has 1 aliphatic carbocycles. The second-order valence-corrected chi connectivity index (χ2v) is 2.80. The molecule has 0 spiro atoms. The number of carbonyl (C=O) groups is 1. The van der Waals surface area contributed by atoms with Crippen molar-refractivity contribution in [3.05, 3.63) is 12.2 Å². The topological polar surface area (TPSA) is 67.5 Å². The number of urea groups is 1. The number of allylic oxidation sites excluding steroid dienone is 2. The third-order valence-corrected chi connectivity index (χ3v) is 1.77. The van der Waals surface area contributed by atoms with Crippen LogP contribution in [0.2, 0.25) is 0 Å². The zero-order valence-corrected chi connectivity index (χ0v) is 6.86. The van der Waals surface area contributed by atoms with E-state index in [9.17, 15) is 4.79 Å². The molecule has 0 aromatic carbocycles. The van der Waals surface area contributed by atoms with Gasteiger partial charge >= 0.3 is 6.03 Å². The van der Waals surface area contributed by atoms with E-state index in [1.54, 1.807) is 6.21 Å². The fourth-order valence-corrected chi connectivity index (χ4v) is 1.16. The summed E-state index contributed by atoms with van der Waals surface area (Å²) in [6.45, 7) is 0. The minimum atomic E-state index is -0.613. The molecule has 0 heterocycles. The molecule has 0 aliphatic heterocycles. The molecule has 1 unspecified atom stereocenters. The van der Waals surface area contributed by atoms with E-state index in [1.807, 2.05) is 0 Å². The number of hydrazone groups is 1. The third kappa shape index (κ3) is 3.18. The van der Waals surface area contributed by atoms with Gasteiger partial charge in [0.15, 0.2) is 0 Å². The first-order valence-electron chi connectivity index (χ1n) is 4.02. The molecule has 0 saturated heterocycles. The molecule has 4 heteroatoms. The van der Waals surface area contributed by atoms with Crippen LogP contribution in [0, 0.1) is 5.92 Å². The van der Waals surface area contributed by atoms with E-state index in [1.165, 1.54) is 0 Å². The molecule has 0 radical (unpaired) electrons. The number of nitrogens with one attached hydrogen (secondary N) is 1. The van der Waals surface area contributed by atoms with Gasteiger partial charge < -0.3 is 5.73 Å². The molecule has 1 rings (SSSR count). The maximum atomic E-state index is 10.2. The summed E-state index contributed by atoms with van der Waals surface area (Å²) >= 11 is 0. The molecule has 1 atom stereocenters. The van der Waals surface area contributed by atoms with Crippen LogP contribution < -0.4 is 11.2 Å². The van der Waals surface area contributed by atoms with E-state index in [-0.39, 0.29) is 0 Å². The molecule has 0 saturated carbocycles. The van der Waals surface area contributed by atoms with Crippen LogP contribution in [0.3, 0.4) is 0 Å². The molecule has 0 aromatic heterocycles. The van der Waals surface area contributed by atoms with Crippen LogP contribution in [0.5, 0.6) is 0 Å². The lowest BCUT2D eigenvalue weighted by molar-refractivity contribution is 0.249. The molecule has 4 nitrogen and oxygen atoms in total. The maximum absolute atomic E-state index is 10.2. The van der Waals surface area contributed by atoms with Gasteiger partial charge in [-0.25, -0.2) is 10.2 Å². The van der Waals surface area contributed by atoms with Gasteiger partial charge in [0, 0.05) is 6.21 Å². The average Bonchev–Trinajstić information content (AvgIpc) is 2.05. The van der Waals surface area contributed by atoms with Gasteiger partial charge in [-0.2, -0.15) is 5.10 Å². The van der Waals surface area contributed by atoms with Crippen LogP contribution in [-0.4, -0.2) is 12.2 Å². The molecule has 0 aromatic rings. The lowest BCUT2D eigenvalue weighted by Gasteiger charge is -2.11. The van der Waals surface area contributed by atoms with Gasteiger partial charge in [-0.1, -0.05) is 12.2 Å². The second kappa shape index (κ2) is 4.54. The minimum absolute atomic E-state index is 0.446. The van der Waals surface area contributed by atoms with Crippen molar-refractivity contribution >= 4 is 12.2 Å². The molecule has 2 amide bonds. The number of hydrogen-bond acceptors (Lipinski definition) is 2. The van der Waals surface area contributed by atoms with E-state index in [0.717, 1.165) is 19.3 Å². The Morgan fingerprint density at radius 2 is 2.50 bits per heavy atom. The van der Waals surface area contributed by atoms with Crippen LogP contribution in [0.25, 0.3) is 0 Å². The summed E-state index contributed by atoms with van der Waals surface area (Å²) in [7, 11) is 0. The van der Waals surface area contributed by atoms with Crippen LogP contribution in [-0.2, 0) is 0 Å². The number of carbonyl (C=O) groups excluding carboxylic acids is 1. The molecular weight excluding hydrogens is 154 g/mol. The van der Waals surface area contributed by atoms with Crippen LogP contribution in [0.15, 0.2) is 17.3 Å². The van der Waals surface area contributed by atoms with Crippen LogP contribution in [0.4, 0.5) is 4.79 Å². The number of hydrogen-bond donors (Lipinski definition) is 2. The molecule has 12 heavy (non-hydrogen) atoms. The first kappa shape index (κ1) is 8.77. The van der Waals surface area contributed by atoms with E-state index in [2.05, 4.69) is 22.7 Å². The van der Waals surface area contributed by atoms with Crippen molar-refractivity contribution in [2.24, 2.45) is 16.8 Å². The standard InChI is InChI=1S/C8H13N3O/c9-8(12)11-10-6-7-4-2-1-3-5-7/h1-2,6-7H,3-5H2,(H3,9,11,12). The lowest BCUT2D eigenvalue weighted by atomic mass is 9.96. The van der Waals surface area contributed by atoms with Crippen molar-refractivity contribution in [3.63, 3.8) is 0 Å². The summed E-state index contributed by atoms with van der Waals surface area (Å²) in [6, 6.07) is -0.613. The SMILES string of the molecule is NC(=O)NN=CC1CC=CCC1. The Labute approximate surface area is 71.5 Å². The highest BCUT2D eigenvalue weighted by atomic mass is 16.2. The number of nitrogens with two attached hydrogens (primary N) is 1. The smallest absolute Gasteiger partial charge is 0.332 e. The largest absolute Gasteiger partial charge is 0.350 e. The molecule has 66 valence electrons.